The SMILES string of the molecule is C.C.C.C.C.C.[CH2-]CCC.[Cl-].[Cl][Ti]([Cl])([Cl])[Cl].[Cl][Ti]([Cl])[Cl].[Li+].[Li+]. The summed E-state index contributed by atoms with van der Waals surface area (Å²) in [6.07, 6.45) is 2.28. The topological polar surface area (TPSA) is 0 Å². The maximum Gasteiger partial charge on any atom is 1.00 e. The molecule has 0 aliphatic heterocycles. The van der Waals surface area contributed by atoms with Crippen molar-refractivity contribution in [3.8, 4) is 0 Å². The Kier molecular flexibility index (Phi) is 234. The Balaban J connectivity index is -0.00000000569. The van der Waals surface area contributed by atoms with Crippen LogP contribution in [-0.2, 0) is 27.0 Å². The maximum absolute atomic E-state index is 5.01. The molecule has 0 saturated heterocycles. The molecule has 0 spiro atoms. The van der Waals surface area contributed by atoms with Crippen LogP contribution in [0.5, 0.6) is 0 Å². The molecule has 0 aromatic rings. The van der Waals surface area contributed by atoms with Crippen molar-refractivity contribution >= 4 is 65.1 Å². The zero-order valence-electron chi connectivity index (χ0n) is 9.15. The minimum absolute atomic E-state index is 0. The van der Waals surface area contributed by atoms with Crippen LogP contribution in [0.3, 0.4) is 0 Å². The van der Waals surface area contributed by atoms with Crippen LogP contribution in [0.2, 0.25) is 0 Å². The summed E-state index contributed by atoms with van der Waals surface area (Å²) in [5.74, 6) is 0. The third-order valence-corrected chi connectivity index (χ3v) is 0.354. The summed E-state index contributed by atoms with van der Waals surface area (Å²) in [7, 11) is 35.0. The Labute approximate surface area is 210 Å². The second-order valence-electron chi connectivity index (χ2n) is 1.50. The van der Waals surface area contributed by atoms with E-state index in [1.807, 2.05) is 0 Å². The summed E-state index contributed by atoms with van der Waals surface area (Å²) >= 11 is -5.03. The van der Waals surface area contributed by atoms with Gasteiger partial charge in [0.1, 0.15) is 0 Å². The van der Waals surface area contributed by atoms with Crippen LogP contribution in [0.15, 0.2) is 0 Å². The molecular formula is C10H33Cl8Li2Ti2. The van der Waals surface area contributed by atoms with Gasteiger partial charge < -0.3 is 19.3 Å². The van der Waals surface area contributed by atoms with E-state index < -0.39 is 27.0 Å². The molecule has 0 aromatic carbocycles. The molecule has 22 heavy (non-hydrogen) atoms. The summed E-state index contributed by atoms with van der Waals surface area (Å²) in [4.78, 5) is 0. The maximum atomic E-state index is 5.01. The van der Waals surface area contributed by atoms with Crippen LogP contribution >= 0.6 is 65.1 Å². The Morgan fingerprint density at radius 1 is 0.773 bits per heavy atom. The third kappa shape index (κ3) is 405. The monoisotopic (exact) mass is 543 g/mol. The number of hydrogen-bond donors (Lipinski definition) is 0. The van der Waals surface area contributed by atoms with Gasteiger partial charge in [0.15, 0.2) is 0 Å². The quantitative estimate of drug-likeness (QED) is 0.344. The Bertz CT molecular complexity index is 90.7. The fraction of sp³-hybridized carbons (Fsp3) is 0.900. The van der Waals surface area contributed by atoms with Gasteiger partial charge in [-0.05, 0) is 0 Å². The van der Waals surface area contributed by atoms with E-state index in [0.29, 0.717) is 0 Å². The number of rotatable bonds is 1. The molecule has 0 aromatic heterocycles. The first kappa shape index (κ1) is 81.2. The predicted molar refractivity (Wildman–Crippen MR) is 102 cm³/mol. The largest absolute Gasteiger partial charge is 1.00 e. The van der Waals surface area contributed by atoms with Gasteiger partial charge in [-0.1, -0.05) is 57.9 Å². The van der Waals surface area contributed by atoms with Crippen molar-refractivity contribution < 1.29 is 77.2 Å². The Morgan fingerprint density at radius 3 is 0.818 bits per heavy atom. The molecule has 0 saturated carbocycles. The van der Waals surface area contributed by atoms with E-state index in [4.69, 9.17) is 65.1 Å². The molecular weight excluding hydrogens is 513 g/mol. The van der Waals surface area contributed by atoms with Gasteiger partial charge >= 0.3 is 130 Å². The van der Waals surface area contributed by atoms with Crippen LogP contribution < -0.4 is 50.1 Å². The molecule has 0 rings (SSSR count). The van der Waals surface area contributed by atoms with E-state index >= 15 is 0 Å². The smallest absolute Gasteiger partial charge is 1.00 e. The third-order valence-electron chi connectivity index (χ3n) is 0.354. The van der Waals surface area contributed by atoms with Gasteiger partial charge in [-0.2, -0.15) is 6.42 Å². The molecule has 0 radical (unpaired) electrons. The van der Waals surface area contributed by atoms with Crippen molar-refractivity contribution in [3.05, 3.63) is 6.92 Å². The van der Waals surface area contributed by atoms with Crippen molar-refractivity contribution in [1.82, 2.24) is 0 Å². The first-order valence-electron chi connectivity index (χ1n) is 3.03. The zero-order chi connectivity index (χ0) is 11.5. The fourth-order valence-corrected chi connectivity index (χ4v) is 0. The molecule has 0 aliphatic carbocycles. The minimum atomic E-state index is -3.11. The van der Waals surface area contributed by atoms with Gasteiger partial charge in [-0.3, -0.25) is 0 Å². The average molecular weight is 547 g/mol. The van der Waals surface area contributed by atoms with E-state index in [9.17, 15) is 0 Å². The Hall–Kier alpha value is 4.94. The van der Waals surface area contributed by atoms with Crippen LogP contribution in [0.4, 0.5) is 0 Å². The van der Waals surface area contributed by atoms with Crippen LogP contribution in [0, 0.1) is 6.92 Å². The fourth-order valence-electron chi connectivity index (χ4n) is 0. The second-order valence-corrected chi connectivity index (χ2v) is 24.7. The van der Waals surface area contributed by atoms with Gasteiger partial charge in [0.05, 0.1) is 0 Å². The molecule has 12 heteroatoms. The molecule has 0 amide bonds. The van der Waals surface area contributed by atoms with E-state index in [2.05, 4.69) is 13.8 Å². The van der Waals surface area contributed by atoms with Crippen molar-refractivity contribution in [2.45, 2.75) is 64.3 Å². The average Bonchev–Trinajstić information content (AvgIpc) is 1.82. The zero-order valence-corrected chi connectivity index (χ0v) is 18.3. The number of hydrogen-bond acceptors (Lipinski definition) is 0. The van der Waals surface area contributed by atoms with Gasteiger partial charge in [-0.15, -0.1) is 0 Å². The molecule has 0 unspecified atom stereocenters. The van der Waals surface area contributed by atoms with E-state index in [1.165, 1.54) is 6.42 Å². The number of halogens is 8. The summed E-state index contributed by atoms with van der Waals surface area (Å²) in [6, 6.07) is 0. The summed E-state index contributed by atoms with van der Waals surface area (Å²) in [5.41, 5.74) is 0. The van der Waals surface area contributed by atoms with Crippen molar-refractivity contribution in [2.75, 3.05) is 0 Å². The normalized spacial score (nSPS) is 5.32. The molecule has 0 aliphatic rings. The van der Waals surface area contributed by atoms with Crippen LogP contribution in [0.25, 0.3) is 0 Å². The molecule has 0 nitrogen and oxygen atoms in total. The first-order chi connectivity index (χ1) is 5.65. The molecule has 0 heterocycles. The van der Waals surface area contributed by atoms with Crippen LogP contribution in [-0.4, -0.2) is 0 Å². The second kappa shape index (κ2) is 63.5. The van der Waals surface area contributed by atoms with Crippen LogP contribution in [0.1, 0.15) is 64.3 Å². The first-order valence-corrected chi connectivity index (χ1v) is 18.1. The molecule has 0 fully saturated rings. The van der Waals surface area contributed by atoms with Gasteiger partial charge in [0, 0.05) is 0 Å². The summed E-state index contributed by atoms with van der Waals surface area (Å²) in [6.45, 7) is 5.72. The molecule has 0 bridgehead atoms. The predicted octanol–water partition coefficient (Wildman–Crippen LogP) is 1.27. The standard InChI is InChI=1S/C4H9.6CH4.8ClH.2Li.2Ti/c1-3-4-2;;;;;;;;;;;;;;;;;;/h1,3-4H2,2H3;6*1H4;8*1H;;;;/q-1;;;;;;;;;;;;;;;2*+1;+3;+4/p-8. The summed E-state index contributed by atoms with van der Waals surface area (Å²) < 4.78 is 0. The van der Waals surface area contributed by atoms with E-state index in [1.54, 1.807) is 0 Å². The van der Waals surface area contributed by atoms with E-state index in [0.717, 1.165) is 6.42 Å². The molecule has 0 N–H and O–H groups in total. The van der Waals surface area contributed by atoms with E-state index in [-0.39, 0.29) is 94.7 Å². The summed E-state index contributed by atoms with van der Waals surface area (Å²) in [5, 5.41) is 0. The van der Waals surface area contributed by atoms with Gasteiger partial charge in [0.2, 0.25) is 0 Å². The van der Waals surface area contributed by atoms with Crippen molar-refractivity contribution in [3.63, 3.8) is 0 Å². The van der Waals surface area contributed by atoms with Crippen molar-refractivity contribution in [1.29, 1.82) is 0 Å². The Morgan fingerprint density at radius 2 is 0.818 bits per heavy atom. The number of unbranched alkanes of at least 4 members (excludes halogenated alkanes) is 1. The molecule has 139 valence electrons. The van der Waals surface area contributed by atoms with Crippen molar-refractivity contribution in [2.24, 2.45) is 0 Å². The molecule has 0 atom stereocenters. The van der Waals surface area contributed by atoms with Gasteiger partial charge in [0.25, 0.3) is 0 Å². The minimum Gasteiger partial charge on any atom is 1.00 e. The van der Waals surface area contributed by atoms with Gasteiger partial charge in [-0.25, -0.2) is 0 Å².